The standard InChI is InChI=1S/C12H24N2O3/c1-5-6-7-10(12(16)17)13-11(15)8-14(4)9(2)3/h9-10H,5-8H2,1-4H3,(H,13,15)(H,16,17). The second-order valence-corrected chi connectivity index (χ2v) is 4.61. The number of carbonyl (C=O) groups excluding carboxylic acids is 1. The molecule has 0 bridgehead atoms. The van der Waals surface area contributed by atoms with E-state index in [9.17, 15) is 9.59 Å². The van der Waals surface area contributed by atoms with Crippen LogP contribution in [0, 0.1) is 0 Å². The fraction of sp³-hybridized carbons (Fsp3) is 0.833. The van der Waals surface area contributed by atoms with Crippen molar-refractivity contribution in [3.05, 3.63) is 0 Å². The Bertz CT molecular complexity index is 254. The molecule has 0 heterocycles. The van der Waals surface area contributed by atoms with Gasteiger partial charge < -0.3 is 10.4 Å². The molecule has 100 valence electrons. The highest BCUT2D eigenvalue weighted by Crippen LogP contribution is 2.01. The maximum absolute atomic E-state index is 11.6. The van der Waals surface area contributed by atoms with Crippen molar-refractivity contribution in [2.45, 2.75) is 52.1 Å². The molecule has 0 radical (unpaired) electrons. The summed E-state index contributed by atoms with van der Waals surface area (Å²) in [6.07, 6.45) is 2.21. The summed E-state index contributed by atoms with van der Waals surface area (Å²) in [6, 6.07) is -0.498. The van der Waals surface area contributed by atoms with Gasteiger partial charge in [0.15, 0.2) is 0 Å². The molecule has 0 aromatic heterocycles. The van der Waals surface area contributed by atoms with Crippen molar-refractivity contribution in [3.63, 3.8) is 0 Å². The van der Waals surface area contributed by atoms with Crippen molar-refractivity contribution in [2.24, 2.45) is 0 Å². The summed E-state index contributed by atoms with van der Waals surface area (Å²) in [5.41, 5.74) is 0. The Labute approximate surface area is 103 Å². The zero-order valence-electron chi connectivity index (χ0n) is 11.2. The minimum atomic E-state index is -0.959. The van der Waals surface area contributed by atoms with Crippen LogP contribution in [0.3, 0.4) is 0 Å². The van der Waals surface area contributed by atoms with Crippen molar-refractivity contribution < 1.29 is 14.7 Å². The van der Waals surface area contributed by atoms with Gasteiger partial charge >= 0.3 is 5.97 Å². The summed E-state index contributed by atoms with van der Waals surface area (Å²) in [5, 5.41) is 11.5. The highest BCUT2D eigenvalue weighted by Gasteiger charge is 2.20. The zero-order valence-corrected chi connectivity index (χ0v) is 11.2. The molecule has 0 aliphatic heterocycles. The fourth-order valence-corrected chi connectivity index (χ4v) is 1.31. The number of likely N-dealkylation sites (N-methyl/N-ethyl adjacent to an activating group) is 1. The van der Waals surface area contributed by atoms with Gasteiger partial charge in [-0.15, -0.1) is 0 Å². The second kappa shape index (κ2) is 8.06. The number of hydrogen-bond donors (Lipinski definition) is 2. The molecule has 2 N–H and O–H groups in total. The predicted octanol–water partition coefficient (Wildman–Crippen LogP) is 1.09. The molecule has 17 heavy (non-hydrogen) atoms. The zero-order chi connectivity index (χ0) is 13.4. The van der Waals surface area contributed by atoms with Crippen LogP contribution in [-0.2, 0) is 9.59 Å². The number of carbonyl (C=O) groups is 2. The average Bonchev–Trinajstić information content (AvgIpc) is 2.23. The monoisotopic (exact) mass is 244 g/mol. The Morgan fingerprint density at radius 2 is 1.94 bits per heavy atom. The van der Waals surface area contributed by atoms with Crippen LogP contribution >= 0.6 is 0 Å². The molecule has 0 aromatic carbocycles. The molecule has 0 saturated carbocycles. The number of rotatable bonds is 8. The number of carboxylic acid groups (broad SMARTS) is 1. The van der Waals surface area contributed by atoms with Crippen LogP contribution in [0.2, 0.25) is 0 Å². The third kappa shape index (κ3) is 6.94. The number of amides is 1. The molecular weight excluding hydrogens is 220 g/mol. The molecule has 0 saturated heterocycles. The van der Waals surface area contributed by atoms with Gasteiger partial charge in [0, 0.05) is 6.04 Å². The molecule has 1 atom stereocenters. The number of aliphatic carboxylic acids is 1. The largest absolute Gasteiger partial charge is 0.480 e. The van der Waals surface area contributed by atoms with Crippen LogP contribution in [0.1, 0.15) is 40.0 Å². The summed E-state index contributed by atoms with van der Waals surface area (Å²) < 4.78 is 0. The van der Waals surface area contributed by atoms with E-state index in [0.29, 0.717) is 6.42 Å². The Balaban J connectivity index is 4.16. The van der Waals surface area contributed by atoms with Gasteiger partial charge in [-0.2, -0.15) is 0 Å². The summed E-state index contributed by atoms with van der Waals surface area (Å²) in [5.74, 6) is -1.19. The lowest BCUT2D eigenvalue weighted by molar-refractivity contribution is -0.142. The smallest absolute Gasteiger partial charge is 0.326 e. The van der Waals surface area contributed by atoms with E-state index in [4.69, 9.17) is 5.11 Å². The van der Waals surface area contributed by atoms with E-state index in [1.54, 1.807) is 0 Å². The highest BCUT2D eigenvalue weighted by molar-refractivity contribution is 5.84. The van der Waals surface area contributed by atoms with E-state index >= 15 is 0 Å². The lowest BCUT2D eigenvalue weighted by Gasteiger charge is -2.21. The first-order chi connectivity index (χ1) is 7.88. The lowest BCUT2D eigenvalue weighted by atomic mass is 10.1. The van der Waals surface area contributed by atoms with E-state index in [1.807, 2.05) is 32.7 Å². The normalized spacial score (nSPS) is 12.8. The van der Waals surface area contributed by atoms with Crippen LogP contribution in [0.25, 0.3) is 0 Å². The Morgan fingerprint density at radius 3 is 2.35 bits per heavy atom. The SMILES string of the molecule is CCCCC(NC(=O)CN(C)C(C)C)C(=O)O. The van der Waals surface area contributed by atoms with Crippen molar-refractivity contribution in [1.82, 2.24) is 10.2 Å². The van der Waals surface area contributed by atoms with Gasteiger partial charge in [0.05, 0.1) is 6.54 Å². The Hall–Kier alpha value is -1.10. The molecule has 5 nitrogen and oxygen atoms in total. The highest BCUT2D eigenvalue weighted by atomic mass is 16.4. The van der Waals surface area contributed by atoms with E-state index in [2.05, 4.69) is 5.32 Å². The number of hydrogen-bond acceptors (Lipinski definition) is 3. The van der Waals surface area contributed by atoms with Crippen LogP contribution in [0.5, 0.6) is 0 Å². The van der Waals surface area contributed by atoms with Crippen LogP contribution in [0.15, 0.2) is 0 Å². The van der Waals surface area contributed by atoms with Gasteiger partial charge in [0.1, 0.15) is 6.04 Å². The second-order valence-electron chi connectivity index (χ2n) is 4.61. The van der Waals surface area contributed by atoms with Crippen molar-refractivity contribution >= 4 is 11.9 Å². The van der Waals surface area contributed by atoms with Gasteiger partial charge in [-0.1, -0.05) is 19.8 Å². The number of carboxylic acids is 1. The van der Waals surface area contributed by atoms with Gasteiger partial charge in [-0.3, -0.25) is 9.69 Å². The fourth-order valence-electron chi connectivity index (χ4n) is 1.31. The van der Waals surface area contributed by atoms with Crippen LogP contribution < -0.4 is 5.32 Å². The van der Waals surface area contributed by atoms with E-state index < -0.39 is 12.0 Å². The molecule has 0 aliphatic carbocycles. The van der Waals surface area contributed by atoms with Gasteiger partial charge in [0.25, 0.3) is 0 Å². The third-order valence-electron chi connectivity index (χ3n) is 2.75. The lowest BCUT2D eigenvalue weighted by Crippen LogP contribution is -2.46. The Morgan fingerprint density at radius 1 is 1.35 bits per heavy atom. The van der Waals surface area contributed by atoms with Crippen LogP contribution in [-0.4, -0.2) is 47.6 Å². The van der Waals surface area contributed by atoms with Gasteiger partial charge in [-0.25, -0.2) is 4.79 Å². The predicted molar refractivity (Wildman–Crippen MR) is 66.9 cm³/mol. The molecule has 5 heteroatoms. The first-order valence-corrected chi connectivity index (χ1v) is 6.10. The Kier molecular flexibility index (Phi) is 7.54. The average molecular weight is 244 g/mol. The van der Waals surface area contributed by atoms with Crippen molar-refractivity contribution in [1.29, 1.82) is 0 Å². The maximum atomic E-state index is 11.6. The molecule has 0 aromatic rings. The summed E-state index contributed by atoms with van der Waals surface area (Å²) >= 11 is 0. The molecule has 1 unspecified atom stereocenters. The van der Waals surface area contributed by atoms with Gasteiger partial charge in [-0.05, 0) is 27.3 Å². The maximum Gasteiger partial charge on any atom is 0.326 e. The summed E-state index contributed by atoms with van der Waals surface area (Å²) in [4.78, 5) is 24.4. The van der Waals surface area contributed by atoms with E-state index in [-0.39, 0.29) is 18.5 Å². The van der Waals surface area contributed by atoms with Crippen LogP contribution in [0.4, 0.5) is 0 Å². The minimum Gasteiger partial charge on any atom is -0.480 e. The molecular formula is C12H24N2O3. The third-order valence-corrected chi connectivity index (χ3v) is 2.75. The first kappa shape index (κ1) is 15.9. The first-order valence-electron chi connectivity index (χ1n) is 6.10. The van der Waals surface area contributed by atoms with Crippen molar-refractivity contribution in [3.8, 4) is 0 Å². The molecule has 0 aliphatic rings. The molecule has 0 spiro atoms. The summed E-state index contributed by atoms with van der Waals surface area (Å²) in [7, 11) is 1.84. The number of nitrogens with one attached hydrogen (secondary N) is 1. The molecule has 0 fully saturated rings. The number of unbranched alkanes of at least 4 members (excludes halogenated alkanes) is 1. The minimum absolute atomic E-state index is 0.230. The van der Waals surface area contributed by atoms with Crippen molar-refractivity contribution in [2.75, 3.05) is 13.6 Å². The topological polar surface area (TPSA) is 69.6 Å². The van der Waals surface area contributed by atoms with E-state index in [1.165, 1.54) is 0 Å². The molecule has 1 amide bonds. The quantitative estimate of drug-likeness (QED) is 0.670. The van der Waals surface area contributed by atoms with Gasteiger partial charge in [0.2, 0.25) is 5.91 Å². The molecule has 0 rings (SSSR count). The number of nitrogens with zero attached hydrogens (tertiary/aromatic N) is 1. The summed E-state index contributed by atoms with van der Waals surface area (Å²) in [6.45, 7) is 6.19. The van der Waals surface area contributed by atoms with E-state index in [0.717, 1.165) is 12.8 Å².